The average molecular weight is 359 g/mol. The lowest BCUT2D eigenvalue weighted by Crippen LogP contribution is -2.31. The maximum Gasteiger partial charge on any atom is 0.349 e. The van der Waals surface area contributed by atoms with Crippen molar-refractivity contribution >= 4 is 5.91 Å². The second-order valence-electron chi connectivity index (χ2n) is 6.29. The van der Waals surface area contributed by atoms with Crippen LogP contribution in [-0.4, -0.2) is 35.6 Å². The van der Waals surface area contributed by atoms with Crippen LogP contribution in [0.4, 0.5) is 0 Å². The summed E-state index contributed by atoms with van der Waals surface area (Å²) in [6.45, 7) is 3.28. The molecule has 2 aromatic rings. The van der Waals surface area contributed by atoms with Gasteiger partial charge >= 0.3 is 5.63 Å². The second-order valence-corrected chi connectivity index (χ2v) is 6.29. The Kier molecular flexibility index (Phi) is 5.62. The molecule has 1 fully saturated rings. The van der Waals surface area contributed by atoms with E-state index < -0.39 is 11.5 Å². The van der Waals surface area contributed by atoms with Crippen molar-refractivity contribution in [3.63, 3.8) is 0 Å². The first-order valence-electron chi connectivity index (χ1n) is 8.59. The maximum atomic E-state index is 12.4. The highest BCUT2D eigenvalue weighted by molar-refractivity contribution is 5.95. The highest BCUT2D eigenvalue weighted by Crippen LogP contribution is 2.26. The lowest BCUT2D eigenvalue weighted by Gasteiger charge is -2.21. The van der Waals surface area contributed by atoms with Crippen molar-refractivity contribution < 1.29 is 13.9 Å². The van der Waals surface area contributed by atoms with E-state index in [4.69, 9.17) is 9.15 Å². The molecule has 138 valence electrons. The lowest BCUT2D eigenvalue weighted by molar-refractivity contribution is 0.0795. The molecule has 0 spiro atoms. The summed E-state index contributed by atoms with van der Waals surface area (Å²) >= 11 is 0. The van der Waals surface area contributed by atoms with Crippen molar-refractivity contribution in [1.29, 1.82) is 0 Å². The van der Waals surface area contributed by atoms with Crippen molar-refractivity contribution in [1.82, 2.24) is 15.3 Å². The van der Waals surface area contributed by atoms with Crippen molar-refractivity contribution in [2.24, 2.45) is 0 Å². The molecule has 0 unspecified atom stereocenters. The lowest BCUT2D eigenvalue weighted by atomic mass is 9.95. The number of aryl methyl sites for hydroxylation is 1. The minimum atomic E-state index is -0.627. The molecule has 0 aliphatic carbocycles. The topological polar surface area (TPSA) is 114 Å². The summed E-state index contributed by atoms with van der Waals surface area (Å²) in [7, 11) is 0. The van der Waals surface area contributed by atoms with Crippen LogP contribution in [0.3, 0.4) is 0 Å². The fraction of sp³-hybridized carbons (Fsp3) is 0.444. The van der Waals surface area contributed by atoms with Crippen LogP contribution in [0.5, 0.6) is 0 Å². The fourth-order valence-corrected chi connectivity index (χ4v) is 3.03. The summed E-state index contributed by atoms with van der Waals surface area (Å²) in [5.74, 6) is 0.272. The Balaban J connectivity index is 1.67. The molecule has 0 bridgehead atoms. The Labute approximate surface area is 149 Å². The predicted molar refractivity (Wildman–Crippen MR) is 93.4 cm³/mol. The Morgan fingerprint density at radius 3 is 2.77 bits per heavy atom. The summed E-state index contributed by atoms with van der Waals surface area (Å²) < 4.78 is 10.7. The number of carbonyl (C=O) groups is 1. The zero-order valence-corrected chi connectivity index (χ0v) is 14.5. The molecule has 3 heterocycles. The van der Waals surface area contributed by atoms with Gasteiger partial charge in [-0.2, -0.15) is 0 Å². The molecule has 3 rings (SSSR count). The zero-order valence-electron chi connectivity index (χ0n) is 14.5. The summed E-state index contributed by atoms with van der Waals surface area (Å²) in [6.07, 6.45) is 3.31. The molecule has 1 aliphatic rings. The summed E-state index contributed by atoms with van der Waals surface area (Å²) in [4.78, 5) is 42.3. The predicted octanol–water partition coefficient (Wildman–Crippen LogP) is 0.898. The quantitative estimate of drug-likeness (QED) is 0.820. The molecule has 1 amide bonds. The number of ether oxygens (including phenoxy) is 1. The molecule has 8 heteroatoms. The van der Waals surface area contributed by atoms with E-state index in [2.05, 4.69) is 15.3 Å². The van der Waals surface area contributed by atoms with Gasteiger partial charge in [-0.05, 0) is 31.4 Å². The number of rotatable bonds is 5. The molecule has 0 atom stereocenters. The van der Waals surface area contributed by atoms with Crippen molar-refractivity contribution in [3.05, 3.63) is 61.8 Å². The average Bonchev–Trinajstić information content (AvgIpc) is 2.62. The highest BCUT2D eigenvalue weighted by atomic mass is 16.5. The van der Waals surface area contributed by atoms with Gasteiger partial charge in [0.05, 0.1) is 6.33 Å². The van der Waals surface area contributed by atoms with Crippen LogP contribution >= 0.6 is 0 Å². The summed E-state index contributed by atoms with van der Waals surface area (Å²) in [5.41, 5.74) is 0.293. The number of carbonyl (C=O) groups excluding carboxylic acids is 1. The molecule has 26 heavy (non-hydrogen) atoms. The number of amides is 1. The van der Waals surface area contributed by atoms with Gasteiger partial charge in [0.2, 0.25) is 0 Å². The third kappa shape index (κ3) is 4.26. The minimum Gasteiger partial charge on any atom is -0.427 e. The number of hydrogen-bond donors (Lipinski definition) is 2. The van der Waals surface area contributed by atoms with Gasteiger partial charge in [0.25, 0.3) is 11.5 Å². The van der Waals surface area contributed by atoms with Crippen molar-refractivity contribution in [2.75, 3.05) is 19.8 Å². The maximum absolute atomic E-state index is 12.4. The Bertz CT molecular complexity index is 896. The molecule has 1 saturated heterocycles. The molecule has 1 aliphatic heterocycles. The van der Waals surface area contributed by atoms with Crippen molar-refractivity contribution in [2.45, 2.75) is 32.1 Å². The van der Waals surface area contributed by atoms with Gasteiger partial charge in [-0.25, -0.2) is 9.78 Å². The van der Waals surface area contributed by atoms with E-state index in [1.807, 2.05) is 0 Å². The summed E-state index contributed by atoms with van der Waals surface area (Å²) in [6, 6.07) is 3.14. The molecule has 0 radical (unpaired) electrons. The SMILES string of the molecule is Cc1cc(C2CCOCC2)oc(=O)c1C(=O)NCCc1cc(=O)[nH]cn1. The van der Waals surface area contributed by atoms with E-state index in [0.29, 0.717) is 36.7 Å². The van der Waals surface area contributed by atoms with E-state index in [-0.39, 0.29) is 23.6 Å². The van der Waals surface area contributed by atoms with Gasteiger partial charge in [0.1, 0.15) is 11.3 Å². The van der Waals surface area contributed by atoms with E-state index in [1.165, 1.54) is 12.4 Å². The number of aromatic nitrogens is 2. The van der Waals surface area contributed by atoms with Crippen LogP contribution in [0.2, 0.25) is 0 Å². The molecular formula is C18H21N3O5. The number of hydrogen-bond acceptors (Lipinski definition) is 6. The van der Waals surface area contributed by atoms with Gasteiger partial charge in [0.15, 0.2) is 0 Å². The standard InChI is InChI=1S/C18H21N3O5/c1-11-8-14(12-3-6-25-7-4-12)26-18(24)16(11)17(23)19-5-2-13-9-15(22)21-10-20-13/h8-10,12H,2-7H2,1H3,(H,19,23)(H,20,21,22). The van der Waals surface area contributed by atoms with Crippen LogP contribution < -0.4 is 16.5 Å². The zero-order chi connectivity index (χ0) is 18.5. The normalized spacial score (nSPS) is 15.0. The van der Waals surface area contributed by atoms with E-state index >= 15 is 0 Å². The molecule has 0 saturated carbocycles. The Morgan fingerprint density at radius 2 is 2.08 bits per heavy atom. The highest BCUT2D eigenvalue weighted by Gasteiger charge is 2.22. The molecule has 8 nitrogen and oxygen atoms in total. The van der Waals surface area contributed by atoms with Crippen LogP contribution in [0.1, 0.15) is 46.1 Å². The van der Waals surface area contributed by atoms with E-state index in [9.17, 15) is 14.4 Å². The number of nitrogens with zero attached hydrogens (tertiary/aromatic N) is 1. The minimum absolute atomic E-state index is 0.0136. The van der Waals surface area contributed by atoms with Gasteiger partial charge in [-0.3, -0.25) is 9.59 Å². The molecule has 2 aromatic heterocycles. The fourth-order valence-electron chi connectivity index (χ4n) is 3.03. The third-order valence-corrected chi connectivity index (χ3v) is 4.42. The molecule has 0 aromatic carbocycles. The first-order valence-corrected chi connectivity index (χ1v) is 8.59. The van der Waals surface area contributed by atoms with Gasteiger partial charge in [0, 0.05) is 43.9 Å². The van der Waals surface area contributed by atoms with Crippen LogP contribution in [0.15, 0.2) is 32.5 Å². The third-order valence-electron chi connectivity index (χ3n) is 4.42. The first kappa shape index (κ1) is 18.1. The van der Waals surface area contributed by atoms with E-state index in [1.54, 1.807) is 13.0 Å². The van der Waals surface area contributed by atoms with Crippen LogP contribution in [0, 0.1) is 6.92 Å². The molecular weight excluding hydrogens is 338 g/mol. The Hall–Kier alpha value is -2.74. The van der Waals surface area contributed by atoms with Crippen molar-refractivity contribution in [3.8, 4) is 0 Å². The summed E-state index contributed by atoms with van der Waals surface area (Å²) in [5, 5.41) is 2.68. The van der Waals surface area contributed by atoms with Gasteiger partial charge < -0.3 is 19.5 Å². The van der Waals surface area contributed by atoms with Crippen LogP contribution in [-0.2, 0) is 11.2 Å². The van der Waals surface area contributed by atoms with Gasteiger partial charge in [-0.1, -0.05) is 0 Å². The number of nitrogens with one attached hydrogen (secondary N) is 2. The van der Waals surface area contributed by atoms with Gasteiger partial charge in [-0.15, -0.1) is 0 Å². The monoisotopic (exact) mass is 359 g/mol. The smallest absolute Gasteiger partial charge is 0.349 e. The Morgan fingerprint density at radius 1 is 1.31 bits per heavy atom. The number of aromatic amines is 1. The first-order chi connectivity index (χ1) is 12.5. The second kappa shape index (κ2) is 8.09. The molecule has 2 N–H and O–H groups in total. The largest absolute Gasteiger partial charge is 0.427 e. The van der Waals surface area contributed by atoms with E-state index in [0.717, 1.165) is 12.8 Å². The number of H-pyrrole nitrogens is 1. The van der Waals surface area contributed by atoms with Crippen LogP contribution in [0.25, 0.3) is 0 Å².